The Bertz CT molecular complexity index is 532. The Morgan fingerprint density at radius 1 is 1.21 bits per heavy atom. The molecule has 0 amide bonds. The Morgan fingerprint density at radius 3 is 2.32 bits per heavy atom. The number of allylic oxidation sites excluding steroid dienone is 5. The highest BCUT2D eigenvalue weighted by atomic mass is 16.3. The van der Waals surface area contributed by atoms with Crippen LogP contribution in [0.25, 0.3) is 0 Å². The van der Waals surface area contributed by atoms with E-state index in [2.05, 4.69) is 24.8 Å². The van der Waals surface area contributed by atoms with Crippen molar-refractivity contribution in [3.05, 3.63) is 84.0 Å². The van der Waals surface area contributed by atoms with Gasteiger partial charge in [0.2, 0.25) is 0 Å². The van der Waals surface area contributed by atoms with Crippen LogP contribution in [0.2, 0.25) is 0 Å². The highest BCUT2D eigenvalue weighted by Gasteiger charge is 2.28. The molecule has 0 spiro atoms. The molecule has 1 aromatic carbocycles. The molecule has 98 valence electrons. The molecule has 0 bridgehead atoms. The summed E-state index contributed by atoms with van der Waals surface area (Å²) in [6.45, 7) is 7.77. The number of rotatable bonds is 4. The van der Waals surface area contributed by atoms with Crippen molar-refractivity contribution >= 4 is 0 Å². The quantitative estimate of drug-likeness (QED) is 0.798. The van der Waals surface area contributed by atoms with Gasteiger partial charge >= 0.3 is 0 Å². The Kier molecular flexibility index (Phi) is 3.87. The Hall–Kier alpha value is -1.86. The van der Waals surface area contributed by atoms with Gasteiger partial charge in [-0.2, -0.15) is 0 Å². The van der Waals surface area contributed by atoms with E-state index in [0.29, 0.717) is 0 Å². The molecule has 1 aliphatic carbocycles. The molecule has 0 fully saturated rings. The first-order valence-corrected chi connectivity index (χ1v) is 6.53. The molecular formula is C18H20O. The first-order chi connectivity index (χ1) is 9.01. The topological polar surface area (TPSA) is 20.2 Å². The molecule has 1 N–H and O–H groups in total. The molecule has 1 unspecified atom stereocenters. The van der Waals surface area contributed by atoms with E-state index in [1.54, 1.807) is 0 Å². The molecule has 0 saturated carbocycles. The van der Waals surface area contributed by atoms with Gasteiger partial charge in [-0.25, -0.2) is 0 Å². The predicted octanol–water partition coefficient (Wildman–Crippen LogP) is 4.14. The molecule has 1 aliphatic rings. The summed E-state index contributed by atoms with van der Waals surface area (Å²) in [4.78, 5) is 0. The first kappa shape index (κ1) is 13.6. The Balaban J connectivity index is 2.41. The van der Waals surface area contributed by atoms with Crippen molar-refractivity contribution in [3.8, 4) is 0 Å². The maximum atomic E-state index is 10.9. The van der Waals surface area contributed by atoms with Crippen molar-refractivity contribution < 1.29 is 5.11 Å². The molecule has 0 saturated heterocycles. The first-order valence-electron chi connectivity index (χ1n) is 6.53. The van der Waals surface area contributed by atoms with Gasteiger partial charge in [0.15, 0.2) is 0 Å². The molecule has 0 radical (unpaired) electrons. The summed E-state index contributed by atoms with van der Waals surface area (Å²) in [5.74, 6) is 0.238. The van der Waals surface area contributed by atoms with Gasteiger partial charge in [0, 0.05) is 5.92 Å². The molecular weight excluding hydrogens is 232 g/mol. The number of hydrogen-bond acceptors (Lipinski definition) is 1. The van der Waals surface area contributed by atoms with E-state index in [-0.39, 0.29) is 5.92 Å². The third-order valence-electron chi connectivity index (χ3n) is 3.46. The third kappa shape index (κ3) is 2.94. The summed E-state index contributed by atoms with van der Waals surface area (Å²) in [7, 11) is 0. The zero-order chi connectivity index (χ0) is 13.9. The minimum Gasteiger partial charge on any atom is -0.381 e. The smallest absolute Gasteiger partial charge is 0.112 e. The van der Waals surface area contributed by atoms with Crippen LogP contribution in [0.4, 0.5) is 0 Å². The lowest BCUT2D eigenvalue weighted by atomic mass is 9.83. The summed E-state index contributed by atoms with van der Waals surface area (Å²) in [6.07, 6.45) is 10.3. The fraction of sp³-hybridized carbons (Fsp3) is 0.222. The number of aliphatic hydroxyl groups is 1. The van der Waals surface area contributed by atoms with E-state index < -0.39 is 5.60 Å². The lowest BCUT2D eigenvalue weighted by molar-refractivity contribution is 0.0994. The third-order valence-corrected chi connectivity index (χ3v) is 3.46. The molecule has 0 aliphatic heterocycles. The van der Waals surface area contributed by atoms with E-state index in [4.69, 9.17) is 0 Å². The van der Waals surface area contributed by atoms with Crippen LogP contribution >= 0.6 is 0 Å². The van der Waals surface area contributed by atoms with Gasteiger partial charge < -0.3 is 5.11 Å². The zero-order valence-electron chi connectivity index (χ0n) is 11.5. The zero-order valence-corrected chi connectivity index (χ0v) is 11.5. The van der Waals surface area contributed by atoms with Gasteiger partial charge in [0.05, 0.1) is 0 Å². The molecule has 1 nitrogen and oxygen atoms in total. The van der Waals surface area contributed by atoms with Gasteiger partial charge in [0.25, 0.3) is 0 Å². The largest absolute Gasteiger partial charge is 0.381 e. The lowest BCUT2D eigenvalue weighted by Gasteiger charge is -2.28. The lowest BCUT2D eigenvalue weighted by Crippen LogP contribution is -2.25. The van der Waals surface area contributed by atoms with Crippen LogP contribution in [0.15, 0.2) is 78.4 Å². The van der Waals surface area contributed by atoms with E-state index in [1.807, 2.05) is 56.3 Å². The summed E-state index contributed by atoms with van der Waals surface area (Å²) in [6, 6.07) is 9.71. The summed E-state index contributed by atoms with van der Waals surface area (Å²) >= 11 is 0. The van der Waals surface area contributed by atoms with Gasteiger partial charge in [-0.05, 0) is 25.0 Å². The van der Waals surface area contributed by atoms with Crippen molar-refractivity contribution in [2.75, 3.05) is 0 Å². The van der Waals surface area contributed by atoms with Crippen molar-refractivity contribution in [1.82, 2.24) is 0 Å². The second kappa shape index (κ2) is 5.41. The van der Waals surface area contributed by atoms with E-state index in [9.17, 15) is 5.11 Å². The molecule has 1 aromatic rings. The molecule has 0 heterocycles. The van der Waals surface area contributed by atoms with Gasteiger partial charge in [-0.1, -0.05) is 72.9 Å². The maximum Gasteiger partial charge on any atom is 0.112 e. The van der Waals surface area contributed by atoms with Crippen LogP contribution in [-0.2, 0) is 5.60 Å². The Morgan fingerprint density at radius 2 is 1.79 bits per heavy atom. The van der Waals surface area contributed by atoms with Crippen LogP contribution in [0.1, 0.15) is 19.4 Å². The molecule has 1 heteroatoms. The predicted molar refractivity (Wildman–Crippen MR) is 80.7 cm³/mol. The molecule has 1 atom stereocenters. The number of hydrogen-bond donors (Lipinski definition) is 1. The standard InChI is InChI=1S/C18H20O/c1-14(2)17(13-15-9-7-8-10-15)18(3,19)16-11-5-4-6-12-16/h4-13,15,19H,1H2,2-3H3/b17-13+. The Labute approximate surface area is 115 Å². The van der Waals surface area contributed by atoms with Crippen LogP contribution in [0, 0.1) is 5.92 Å². The summed E-state index contributed by atoms with van der Waals surface area (Å²) in [5.41, 5.74) is 1.63. The number of benzene rings is 1. The summed E-state index contributed by atoms with van der Waals surface area (Å²) < 4.78 is 0. The van der Waals surface area contributed by atoms with E-state index in [1.165, 1.54) is 0 Å². The average molecular weight is 252 g/mol. The van der Waals surface area contributed by atoms with Gasteiger partial charge in [-0.3, -0.25) is 0 Å². The van der Waals surface area contributed by atoms with Crippen LogP contribution in [0.3, 0.4) is 0 Å². The highest BCUT2D eigenvalue weighted by Crippen LogP contribution is 2.34. The SMILES string of the molecule is C=C(C)/C(=C\C1C=CC=C1)C(C)(O)c1ccccc1. The van der Waals surface area contributed by atoms with Crippen molar-refractivity contribution in [3.63, 3.8) is 0 Å². The van der Waals surface area contributed by atoms with E-state index in [0.717, 1.165) is 16.7 Å². The van der Waals surface area contributed by atoms with Crippen LogP contribution in [0.5, 0.6) is 0 Å². The van der Waals surface area contributed by atoms with E-state index >= 15 is 0 Å². The molecule has 0 aromatic heterocycles. The van der Waals surface area contributed by atoms with Crippen molar-refractivity contribution in [1.29, 1.82) is 0 Å². The maximum absolute atomic E-state index is 10.9. The minimum atomic E-state index is -1.02. The summed E-state index contributed by atoms with van der Waals surface area (Å²) in [5, 5.41) is 10.9. The minimum absolute atomic E-state index is 0.238. The average Bonchev–Trinajstić information content (AvgIpc) is 2.89. The van der Waals surface area contributed by atoms with Crippen molar-refractivity contribution in [2.24, 2.45) is 5.92 Å². The molecule has 19 heavy (non-hydrogen) atoms. The van der Waals surface area contributed by atoms with Crippen LogP contribution < -0.4 is 0 Å². The fourth-order valence-electron chi connectivity index (χ4n) is 2.39. The van der Waals surface area contributed by atoms with Gasteiger partial charge in [0.1, 0.15) is 5.60 Å². The fourth-order valence-corrected chi connectivity index (χ4v) is 2.39. The highest BCUT2D eigenvalue weighted by molar-refractivity contribution is 5.43. The normalized spacial score (nSPS) is 18.6. The monoisotopic (exact) mass is 252 g/mol. The van der Waals surface area contributed by atoms with Crippen molar-refractivity contribution in [2.45, 2.75) is 19.4 Å². The molecule has 2 rings (SSSR count). The van der Waals surface area contributed by atoms with Crippen LogP contribution in [-0.4, -0.2) is 5.11 Å². The second-order valence-corrected chi connectivity index (χ2v) is 5.15. The van der Waals surface area contributed by atoms with Gasteiger partial charge in [-0.15, -0.1) is 0 Å². The second-order valence-electron chi connectivity index (χ2n) is 5.15.